The summed E-state index contributed by atoms with van der Waals surface area (Å²) < 4.78 is 0. The lowest BCUT2D eigenvalue weighted by Crippen LogP contribution is -2.34. The smallest absolute Gasteiger partial charge is 0.0573 e. The predicted octanol–water partition coefficient (Wildman–Crippen LogP) is 1.08. The van der Waals surface area contributed by atoms with Crippen molar-refractivity contribution in [1.29, 1.82) is 0 Å². The zero-order valence-electron chi connectivity index (χ0n) is 8.32. The van der Waals surface area contributed by atoms with Crippen molar-refractivity contribution in [3.8, 4) is 0 Å². The molecule has 0 aliphatic carbocycles. The van der Waals surface area contributed by atoms with Crippen LogP contribution >= 0.6 is 0 Å². The Labute approximate surface area is 84.7 Å². The molecule has 0 radical (unpaired) electrons. The predicted molar refractivity (Wildman–Crippen MR) is 56.8 cm³/mol. The molecule has 0 bridgehead atoms. The molecule has 1 aliphatic heterocycles. The van der Waals surface area contributed by atoms with Crippen molar-refractivity contribution in [2.45, 2.75) is 18.9 Å². The quantitative estimate of drug-likeness (QED) is 0.735. The molecule has 1 fully saturated rings. The van der Waals surface area contributed by atoms with Crippen LogP contribution < -0.4 is 11.1 Å². The number of nitrogens with one attached hydrogen (secondary N) is 1. The normalized spacial score (nSPS) is 20.6. The first-order chi connectivity index (χ1) is 6.88. The summed E-state index contributed by atoms with van der Waals surface area (Å²) in [6.45, 7) is 2.18. The Morgan fingerprint density at radius 1 is 1.36 bits per heavy atom. The topological polar surface area (TPSA) is 50.9 Å². The van der Waals surface area contributed by atoms with Gasteiger partial charge in [0.1, 0.15) is 0 Å². The summed E-state index contributed by atoms with van der Waals surface area (Å²) in [6.07, 6.45) is 4.14. The molecule has 0 saturated carbocycles. The van der Waals surface area contributed by atoms with Crippen molar-refractivity contribution in [2.75, 3.05) is 13.1 Å². The van der Waals surface area contributed by atoms with Crippen LogP contribution in [0.1, 0.15) is 24.6 Å². The Balaban J connectivity index is 2.03. The lowest BCUT2D eigenvalue weighted by molar-refractivity contribution is 0.318. The highest BCUT2D eigenvalue weighted by Crippen LogP contribution is 2.24. The zero-order valence-corrected chi connectivity index (χ0v) is 8.32. The first-order valence-electron chi connectivity index (χ1n) is 5.25. The maximum atomic E-state index is 6.18. The van der Waals surface area contributed by atoms with E-state index in [4.69, 9.17) is 5.73 Å². The Morgan fingerprint density at radius 3 is 2.79 bits per heavy atom. The van der Waals surface area contributed by atoms with E-state index in [0.717, 1.165) is 31.6 Å². The molecule has 1 aromatic heterocycles. The van der Waals surface area contributed by atoms with E-state index in [-0.39, 0.29) is 6.04 Å². The first-order valence-corrected chi connectivity index (χ1v) is 5.25. The molecule has 1 saturated heterocycles. The molecular weight excluding hydrogens is 174 g/mol. The maximum absolute atomic E-state index is 6.18. The standard InChI is InChI=1S/C11H17N3/c12-11(9-4-7-13-8-5-9)10-3-1-2-6-14-10/h1-3,6,9,11,13H,4-5,7-8,12H2. The lowest BCUT2D eigenvalue weighted by atomic mass is 9.89. The molecule has 2 heterocycles. The number of pyridine rings is 1. The zero-order chi connectivity index (χ0) is 9.80. The van der Waals surface area contributed by atoms with Crippen LogP contribution in [0.4, 0.5) is 0 Å². The van der Waals surface area contributed by atoms with E-state index >= 15 is 0 Å². The number of hydrogen-bond donors (Lipinski definition) is 2. The molecule has 1 aromatic rings. The minimum atomic E-state index is 0.110. The van der Waals surface area contributed by atoms with Gasteiger partial charge in [-0.3, -0.25) is 4.98 Å². The third-order valence-corrected chi connectivity index (χ3v) is 2.92. The Bertz CT molecular complexity index is 267. The third-order valence-electron chi connectivity index (χ3n) is 2.92. The fourth-order valence-electron chi connectivity index (χ4n) is 2.02. The second-order valence-electron chi connectivity index (χ2n) is 3.87. The number of nitrogens with two attached hydrogens (primary N) is 1. The second kappa shape index (κ2) is 4.53. The maximum Gasteiger partial charge on any atom is 0.0573 e. The Morgan fingerprint density at radius 2 is 2.14 bits per heavy atom. The van der Waals surface area contributed by atoms with Crippen molar-refractivity contribution in [3.05, 3.63) is 30.1 Å². The summed E-state index contributed by atoms with van der Waals surface area (Å²) in [5.74, 6) is 0.589. The van der Waals surface area contributed by atoms with Gasteiger partial charge in [-0.1, -0.05) is 6.07 Å². The van der Waals surface area contributed by atoms with Gasteiger partial charge in [-0.05, 0) is 44.0 Å². The van der Waals surface area contributed by atoms with Crippen LogP contribution in [0.15, 0.2) is 24.4 Å². The Kier molecular flexibility index (Phi) is 3.11. The highest BCUT2D eigenvalue weighted by Gasteiger charge is 2.21. The molecule has 0 aromatic carbocycles. The van der Waals surface area contributed by atoms with E-state index in [0.29, 0.717) is 5.92 Å². The van der Waals surface area contributed by atoms with E-state index in [1.807, 2.05) is 24.4 Å². The summed E-state index contributed by atoms with van der Waals surface area (Å²) in [4.78, 5) is 4.31. The SMILES string of the molecule is NC(c1ccccn1)C1CCNCC1. The average Bonchev–Trinajstić information content (AvgIpc) is 2.30. The molecule has 0 spiro atoms. The number of hydrogen-bond acceptors (Lipinski definition) is 3. The first kappa shape index (κ1) is 9.62. The van der Waals surface area contributed by atoms with Gasteiger partial charge in [-0.25, -0.2) is 0 Å². The molecular formula is C11H17N3. The van der Waals surface area contributed by atoms with Crippen LogP contribution in [0.25, 0.3) is 0 Å². The van der Waals surface area contributed by atoms with E-state index in [9.17, 15) is 0 Å². The van der Waals surface area contributed by atoms with E-state index in [1.165, 1.54) is 0 Å². The highest BCUT2D eigenvalue weighted by molar-refractivity contribution is 5.09. The van der Waals surface area contributed by atoms with Gasteiger partial charge in [-0.2, -0.15) is 0 Å². The lowest BCUT2D eigenvalue weighted by Gasteiger charge is -2.27. The van der Waals surface area contributed by atoms with Crippen LogP contribution in [0.3, 0.4) is 0 Å². The fraction of sp³-hybridized carbons (Fsp3) is 0.545. The number of nitrogens with zero attached hydrogens (tertiary/aromatic N) is 1. The molecule has 76 valence electrons. The highest BCUT2D eigenvalue weighted by atomic mass is 14.9. The fourth-order valence-corrected chi connectivity index (χ4v) is 2.02. The number of aromatic nitrogens is 1. The monoisotopic (exact) mass is 191 g/mol. The minimum absolute atomic E-state index is 0.110. The molecule has 1 unspecified atom stereocenters. The van der Waals surface area contributed by atoms with Crippen LogP contribution in [0, 0.1) is 5.92 Å². The van der Waals surface area contributed by atoms with Crippen molar-refractivity contribution < 1.29 is 0 Å². The van der Waals surface area contributed by atoms with Gasteiger partial charge >= 0.3 is 0 Å². The molecule has 3 N–H and O–H groups in total. The summed E-state index contributed by atoms with van der Waals surface area (Å²) in [7, 11) is 0. The second-order valence-corrected chi connectivity index (χ2v) is 3.87. The van der Waals surface area contributed by atoms with E-state index < -0.39 is 0 Å². The van der Waals surface area contributed by atoms with Gasteiger partial charge in [0.2, 0.25) is 0 Å². The van der Waals surface area contributed by atoms with Crippen molar-refractivity contribution in [2.24, 2.45) is 11.7 Å². The van der Waals surface area contributed by atoms with Crippen LogP contribution in [0.2, 0.25) is 0 Å². The van der Waals surface area contributed by atoms with Gasteiger partial charge < -0.3 is 11.1 Å². The van der Waals surface area contributed by atoms with Crippen molar-refractivity contribution >= 4 is 0 Å². The molecule has 3 heteroatoms. The van der Waals surface area contributed by atoms with Gasteiger partial charge in [0.05, 0.1) is 5.69 Å². The summed E-state index contributed by atoms with van der Waals surface area (Å²) in [5, 5.41) is 3.35. The van der Waals surface area contributed by atoms with E-state index in [1.54, 1.807) is 0 Å². The molecule has 3 nitrogen and oxygen atoms in total. The minimum Gasteiger partial charge on any atom is -0.322 e. The largest absolute Gasteiger partial charge is 0.322 e. The molecule has 2 rings (SSSR count). The van der Waals surface area contributed by atoms with Crippen molar-refractivity contribution in [3.63, 3.8) is 0 Å². The van der Waals surface area contributed by atoms with E-state index in [2.05, 4.69) is 10.3 Å². The van der Waals surface area contributed by atoms with Crippen LogP contribution in [-0.2, 0) is 0 Å². The van der Waals surface area contributed by atoms with Gasteiger partial charge in [-0.15, -0.1) is 0 Å². The third kappa shape index (κ3) is 2.11. The summed E-state index contributed by atoms with van der Waals surface area (Å²) >= 11 is 0. The van der Waals surface area contributed by atoms with Gasteiger partial charge in [0.15, 0.2) is 0 Å². The van der Waals surface area contributed by atoms with Gasteiger partial charge in [0.25, 0.3) is 0 Å². The number of piperidine rings is 1. The Hall–Kier alpha value is -0.930. The summed E-state index contributed by atoms with van der Waals surface area (Å²) in [5.41, 5.74) is 7.21. The summed E-state index contributed by atoms with van der Waals surface area (Å²) in [6, 6.07) is 6.06. The average molecular weight is 191 g/mol. The van der Waals surface area contributed by atoms with Crippen molar-refractivity contribution in [1.82, 2.24) is 10.3 Å². The van der Waals surface area contributed by atoms with Crippen LogP contribution in [0.5, 0.6) is 0 Å². The molecule has 1 aliphatic rings. The van der Waals surface area contributed by atoms with Gasteiger partial charge in [0, 0.05) is 12.2 Å². The number of rotatable bonds is 2. The molecule has 1 atom stereocenters. The molecule has 0 amide bonds. The van der Waals surface area contributed by atoms with Crippen LogP contribution in [-0.4, -0.2) is 18.1 Å². The molecule has 14 heavy (non-hydrogen) atoms.